The van der Waals surface area contributed by atoms with Gasteiger partial charge in [0.05, 0.1) is 23.5 Å². The molecule has 6 nitrogen and oxygen atoms in total. The molecular formula is C22H27NO5S. The number of allylic oxidation sites excluding steroid dienone is 2. The van der Waals surface area contributed by atoms with Gasteiger partial charge in [-0.2, -0.15) is 0 Å². The smallest absolute Gasteiger partial charge is 0.341 e. The standard InChI is InChI=1S/C22H27NO5S/c1-11(2)28-22(27)18-14-6-4-3-5-7-15(14)29-20(18)23-19(24)16-12-8-9-13(10-12)17(16)21(25)26/h8-9,11-13,16-17H,3-7,10H2,1-2H3,(H,23,24)(H,25,26)/t12-,13-,16+,17-/m0/s1. The minimum absolute atomic E-state index is 0.0510. The van der Waals surface area contributed by atoms with Gasteiger partial charge in [-0.3, -0.25) is 9.59 Å². The number of hydrogen-bond acceptors (Lipinski definition) is 5. The zero-order valence-corrected chi connectivity index (χ0v) is 17.6. The maximum Gasteiger partial charge on any atom is 0.341 e. The van der Waals surface area contributed by atoms with Crippen molar-refractivity contribution in [1.29, 1.82) is 0 Å². The molecule has 7 heteroatoms. The number of thiophene rings is 1. The lowest BCUT2D eigenvalue weighted by molar-refractivity contribution is -0.146. The fraction of sp³-hybridized carbons (Fsp3) is 0.591. The zero-order valence-electron chi connectivity index (χ0n) is 16.8. The van der Waals surface area contributed by atoms with Gasteiger partial charge in [-0.25, -0.2) is 4.79 Å². The SMILES string of the molecule is CC(C)OC(=O)c1c(NC(=O)[C@H]2[C@@H](C(=O)O)[C@H]3C=C[C@H]2C3)sc2c1CCCCC2. The average Bonchev–Trinajstić information content (AvgIpc) is 3.30. The van der Waals surface area contributed by atoms with E-state index in [1.54, 1.807) is 13.8 Å². The Balaban J connectivity index is 1.64. The van der Waals surface area contributed by atoms with Gasteiger partial charge in [-0.05, 0) is 63.4 Å². The van der Waals surface area contributed by atoms with Crippen LogP contribution in [0.3, 0.4) is 0 Å². The molecule has 4 atom stereocenters. The molecule has 0 aromatic carbocycles. The number of nitrogens with one attached hydrogen (secondary N) is 1. The summed E-state index contributed by atoms with van der Waals surface area (Å²) < 4.78 is 5.47. The predicted molar refractivity (Wildman–Crippen MR) is 110 cm³/mol. The highest BCUT2D eigenvalue weighted by atomic mass is 32.1. The molecule has 3 aliphatic rings. The van der Waals surface area contributed by atoms with Gasteiger partial charge in [0.2, 0.25) is 5.91 Å². The van der Waals surface area contributed by atoms with Gasteiger partial charge in [0.25, 0.3) is 0 Å². The van der Waals surface area contributed by atoms with Crippen molar-refractivity contribution in [3.8, 4) is 0 Å². The first kappa shape index (κ1) is 20.1. The van der Waals surface area contributed by atoms with Crippen molar-refractivity contribution in [2.45, 2.75) is 58.5 Å². The van der Waals surface area contributed by atoms with Crippen LogP contribution in [0.5, 0.6) is 0 Å². The quantitative estimate of drug-likeness (QED) is 0.428. The fourth-order valence-corrected chi connectivity index (χ4v) is 6.31. The normalized spacial score (nSPS) is 27.6. The number of carboxylic acid groups (broad SMARTS) is 1. The van der Waals surface area contributed by atoms with E-state index in [2.05, 4.69) is 5.32 Å². The fourth-order valence-electron chi connectivity index (χ4n) is 5.03. The van der Waals surface area contributed by atoms with E-state index >= 15 is 0 Å². The molecule has 0 unspecified atom stereocenters. The van der Waals surface area contributed by atoms with Gasteiger partial charge >= 0.3 is 11.9 Å². The summed E-state index contributed by atoms with van der Waals surface area (Å²) in [4.78, 5) is 38.9. The first-order valence-corrected chi connectivity index (χ1v) is 11.3. The van der Waals surface area contributed by atoms with Gasteiger partial charge in [0.1, 0.15) is 5.00 Å². The van der Waals surface area contributed by atoms with Crippen molar-refractivity contribution in [1.82, 2.24) is 0 Å². The molecule has 1 aromatic rings. The molecule has 1 aromatic heterocycles. The number of amides is 1. The Morgan fingerprint density at radius 2 is 1.79 bits per heavy atom. The molecule has 0 saturated heterocycles. The highest BCUT2D eigenvalue weighted by Gasteiger charge is 2.51. The molecule has 2 bridgehead atoms. The molecule has 0 spiro atoms. The van der Waals surface area contributed by atoms with Crippen LogP contribution in [0.15, 0.2) is 12.2 Å². The van der Waals surface area contributed by atoms with E-state index < -0.39 is 23.8 Å². The van der Waals surface area contributed by atoms with E-state index in [0.29, 0.717) is 17.0 Å². The number of aryl methyl sites for hydroxylation is 1. The van der Waals surface area contributed by atoms with Gasteiger partial charge in [0.15, 0.2) is 0 Å². The summed E-state index contributed by atoms with van der Waals surface area (Å²) in [5.41, 5.74) is 1.47. The van der Waals surface area contributed by atoms with E-state index in [4.69, 9.17) is 4.74 Å². The number of rotatable bonds is 5. The molecule has 2 N–H and O–H groups in total. The molecule has 0 radical (unpaired) electrons. The van der Waals surface area contributed by atoms with Gasteiger partial charge in [-0.15, -0.1) is 11.3 Å². The summed E-state index contributed by atoms with van der Waals surface area (Å²) in [6, 6.07) is 0. The summed E-state index contributed by atoms with van der Waals surface area (Å²) in [7, 11) is 0. The van der Waals surface area contributed by atoms with Crippen molar-refractivity contribution < 1.29 is 24.2 Å². The third kappa shape index (κ3) is 3.72. The summed E-state index contributed by atoms with van der Waals surface area (Å²) in [5.74, 6) is -3.07. The highest BCUT2D eigenvalue weighted by molar-refractivity contribution is 7.17. The number of anilines is 1. The predicted octanol–water partition coefficient (Wildman–Crippen LogP) is 4.04. The second kappa shape index (κ2) is 7.94. The third-order valence-corrected chi connectivity index (χ3v) is 7.46. The van der Waals surface area contributed by atoms with Crippen LogP contribution in [-0.2, 0) is 27.2 Å². The van der Waals surface area contributed by atoms with Gasteiger partial charge < -0.3 is 15.2 Å². The summed E-state index contributed by atoms with van der Waals surface area (Å²) in [6.07, 6.45) is 9.25. The van der Waals surface area contributed by atoms with Crippen molar-refractivity contribution in [2.24, 2.45) is 23.7 Å². The van der Waals surface area contributed by atoms with Crippen molar-refractivity contribution in [3.05, 3.63) is 28.2 Å². The zero-order chi connectivity index (χ0) is 20.7. The molecule has 1 heterocycles. The number of hydrogen-bond donors (Lipinski definition) is 2. The number of esters is 1. The Labute approximate surface area is 174 Å². The van der Waals surface area contributed by atoms with Crippen LogP contribution in [0.25, 0.3) is 0 Å². The number of carbonyl (C=O) groups excluding carboxylic acids is 2. The minimum atomic E-state index is -0.927. The molecule has 1 saturated carbocycles. The molecular weight excluding hydrogens is 390 g/mol. The van der Waals surface area contributed by atoms with Crippen molar-refractivity contribution in [3.63, 3.8) is 0 Å². The Bertz CT molecular complexity index is 871. The molecule has 29 heavy (non-hydrogen) atoms. The van der Waals surface area contributed by atoms with E-state index in [1.807, 2.05) is 12.2 Å². The Kier molecular flexibility index (Phi) is 5.51. The first-order valence-electron chi connectivity index (χ1n) is 10.4. The van der Waals surface area contributed by atoms with E-state index in [1.165, 1.54) is 11.3 Å². The molecule has 1 fully saturated rings. The molecule has 4 rings (SSSR count). The number of aliphatic carboxylic acids is 1. The number of fused-ring (bicyclic) bond motifs is 3. The lowest BCUT2D eigenvalue weighted by atomic mass is 9.82. The van der Waals surface area contributed by atoms with Crippen LogP contribution in [0.2, 0.25) is 0 Å². The maximum atomic E-state index is 13.1. The second-order valence-electron chi connectivity index (χ2n) is 8.55. The lowest BCUT2D eigenvalue weighted by Crippen LogP contribution is -2.36. The monoisotopic (exact) mass is 417 g/mol. The third-order valence-electron chi connectivity index (χ3n) is 6.25. The van der Waals surface area contributed by atoms with Crippen molar-refractivity contribution in [2.75, 3.05) is 5.32 Å². The number of carbonyl (C=O) groups is 3. The minimum Gasteiger partial charge on any atom is -0.481 e. The van der Waals surface area contributed by atoms with Gasteiger partial charge in [0, 0.05) is 4.88 Å². The van der Waals surface area contributed by atoms with Gasteiger partial charge in [-0.1, -0.05) is 18.6 Å². The second-order valence-corrected chi connectivity index (χ2v) is 9.66. The van der Waals surface area contributed by atoms with Crippen molar-refractivity contribution >= 4 is 34.2 Å². The van der Waals surface area contributed by atoms with Crippen LogP contribution in [-0.4, -0.2) is 29.1 Å². The van der Waals surface area contributed by atoms with Crippen LogP contribution in [0.4, 0.5) is 5.00 Å². The highest BCUT2D eigenvalue weighted by Crippen LogP contribution is 2.49. The summed E-state index contributed by atoms with van der Waals surface area (Å²) in [5, 5.41) is 13.1. The number of ether oxygens (including phenoxy) is 1. The largest absolute Gasteiger partial charge is 0.481 e. The van der Waals surface area contributed by atoms with E-state index in [9.17, 15) is 19.5 Å². The topological polar surface area (TPSA) is 92.7 Å². The summed E-state index contributed by atoms with van der Waals surface area (Å²) >= 11 is 1.45. The Hall–Kier alpha value is -2.15. The maximum absolute atomic E-state index is 13.1. The molecule has 3 aliphatic carbocycles. The molecule has 156 valence electrons. The lowest BCUT2D eigenvalue weighted by Gasteiger charge is -2.23. The number of carboxylic acids is 1. The first-order chi connectivity index (χ1) is 13.9. The summed E-state index contributed by atoms with van der Waals surface area (Å²) in [6.45, 7) is 3.61. The Morgan fingerprint density at radius 3 is 2.48 bits per heavy atom. The Morgan fingerprint density at radius 1 is 1.10 bits per heavy atom. The van der Waals surface area contributed by atoms with Crippen LogP contribution in [0.1, 0.15) is 60.3 Å². The molecule has 1 amide bonds. The van der Waals surface area contributed by atoms with E-state index in [-0.39, 0.29) is 23.8 Å². The van der Waals surface area contributed by atoms with Crippen LogP contribution >= 0.6 is 11.3 Å². The van der Waals surface area contributed by atoms with Crippen LogP contribution in [0, 0.1) is 23.7 Å². The van der Waals surface area contributed by atoms with E-state index in [0.717, 1.165) is 42.5 Å². The van der Waals surface area contributed by atoms with Crippen LogP contribution < -0.4 is 5.32 Å². The average molecular weight is 418 g/mol. The molecule has 0 aliphatic heterocycles.